The summed E-state index contributed by atoms with van der Waals surface area (Å²) in [5.41, 5.74) is 0. The van der Waals surface area contributed by atoms with E-state index in [9.17, 15) is 14.4 Å². The molecule has 6 nitrogen and oxygen atoms in total. The van der Waals surface area contributed by atoms with E-state index >= 15 is 0 Å². The van der Waals surface area contributed by atoms with Gasteiger partial charge in [0, 0.05) is 19.3 Å². The number of esters is 3. The first-order chi connectivity index (χ1) is 36.0. The molecular formula is C67H112O6. The van der Waals surface area contributed by atoms with Crippen LogP contribution >= 0.6 is 0 Å². The Morgan fingerprint density at radius 3 is 0.849 bits per heavy atom. The Hall–Kier alpha value is -3.93. The SMILES string of the molecule is CC/C=C\C/C=C\C/C=C\C/C=C\C/C=C\C/C=C\C/C=C\CCCCCCCCCCCC(=O)OCC(COC(=O)CCCCCCC/C=C\CCCCC)OC(=O)CCCCCCC/C=C\CCCCC. The normalized spacial score (nSPS) is 12.9. The quantitative estimate of drug-likeness (QED) is 0.0261. The highest BCUT2D eigenvalue weighted by Crippen LogP contribution is 2.15. The molecular weight excluding hydrogens is 901 g/mol. The Bertz CT molecular complexity index is 1490. The highest BCUT2D eigenvalue weighted by atomic mass is 16.6. The molecule has 416 valence electrons. The summed E-state index contributed by atoms with van der Waals surface area (Å²) in [6.45, 7) is 6.46. The van der Waals surface area contributed by atoms with E-state index < -0.39 is 6.10 Å². The van der Waals surface area contributed by atoms with Gasteiger partial charge in [0.15, 0.2) is 6.10 Å². The van der Waals surface area contributed by atoms with Crippen molar-refractivity contribution in [1.82, 2.24) is 0 Å². The Balaban J connectivity index is 4.22. The number of unbranched alkanes of at least 4 members (excludes halogenated alkanes) is 25. The van der Waals surface area contributed by atoms with Crippen LogP contribution in [0.25, 0.3) is 0 Å². The molecule has 0 amide bonds. The van der Waals surface area contributed by atoms with E-state index in [0.717, 1.165) is 128 Å². The van der Waals surface area contributed by atoms with Crippen LogP contribution in [0.1, 0.15) is 278 Å². The minimum Gasteiger partial charge on any atom is -0.462 e. The van der Waals surface area contributed by atoms with Gasteiger partial charge in [-0.05, 0) is 128 Å². The zero-order chi connectivity index (χ0) is 52.9. The van der Waals surface area contributed by atoms with Gasteiger partial charge in [-0.2, -0.15) is 0 Å². The van der Waals surface area contributed by atoms with Crippen LogP contribution in [-0.2, 0) is 28.6 Å². The fourth-order valence-corrected chi connectivity index (χ4v) is 8.18. The summed E-state index contributed by atoms with van der Waals surface area (Å²) in [5, 5.41) is 0. The molecule has 0 aliphatic heterocycles. The van der Waals surface area contributed by atoms with E-state index in [-0.39, 0.29) is 31.1 Å². The fraction of sp³-hybridized carbons (Fsp3) is 0.687. The lowest BCUT2D eigenvalue weighted by Gasteiger charge is -2.18. The Morgan fingerprint density at radius 2 is 0.534 bits per heavy atom. The second kappa shape index (κ2) is 60.6. The molecule has 6 heteroatoms. The molecule has 0 aromatic heterocycles. The van der Waals surface area contributed by atoms with Crippen LogP contribution in [0, 0.1) is 0 Å². The largest absolute Gasteiger partial charge is 0.462 e. The first-order valence-corrected chi connectivity index (χ1v) is 30.4. The molecule has 0 aliphatic rings. The number of rotatable bonds is 54. The Morgan fingerprint density at radius 1 is 0.288 bits per heavy atom. The molecule has 1 unspecified atom stereocenters. The van der Waals surface area contributed by atoms with Crippen molar-refractivity contribution in [3.8, 4) is 0 Å². The Labute approximate surface area is 450 Å². The lowest BCUT2D eigenvalue weighted by Crippen LogP contribution is -2.30. The fourth-order valence-electron chi connectivity index (χ4n) is 8.18. The molecule has 1 atom stereocenters. The molecule has 0 rings (SSSR count). The lowest BCUT2D eigenvalue weighted by molar-refractivity contribution is -0.167. The molecule has 0 saturated heterocycles. The van der Waals surface area contributed by atoms with Gasteiger partial charge >= 0.3 is 17.9 Å². The van der Waals surface area contributed by atoms with Crippen molar-refractivity contribution in [3.05, 3.63) is 109 Å². The maximum absolute atomic E-state index is 12.8. The molecule has 0 aromatic rings. The molecule has 0 N–H and O–H groups in total. The summed E-state index contributed by atoms with van der Waals surface area (Å²) in [4.78, 5) is 38.1. The molecule has 73 heavy (non-hydrogen) atoms. The molecule has 0 fully saturated rings. The van der Waals surface area contributed by atoms with Crippen molar-refractivity contribution in [3.63, 3.8) is 0 Å². The van der Waals surface area contributed by atoms with Gasteiger partial charge in [-0.1, -0.05) is 239 Å². The van der Waals surface area contributed by atoms with Crippen molar-refractivity contribution in [1.29, 1.82) is 0 Å². The van der Waals surface area contributed by atoms with E-state index in [1.165, 1.54) is 109 Å². The molecule has 0 spiro atoms. The Kier molecular flexibility index (Phi) is 57.4. The average molecular weight is 1010 g/mol. The molecule has 0 aromatic carbocycles. The summed E-state index contributed by atoms with van der Waals surface area (Å²) in [6, 6.07) is 0. The number of carbonyl (C=O) groups is 3. The first kappa shape index (κ1) is 69.1. The maximum Gasteiger partial charge on any atom is 0.306 e. The third-order valence-corrected chi connectivity index (χ3v) is 12.7. The van der Waals surface area contributed by atoms with Gasteiger partial charge in [0.05, 0.1) is 0 Å². The first-order valence-electron chi connectivity index (χ1n) is 30.4. The predicted octanol–water partition coefficient (Wildman–Crippen LogP) is 20.7. The second-order valence-corrected chi connectivity index (χ2v) is 19.9. The van der Waals surface area contributed by atoms with E-state index in [0.29, 0.717) is 19.3 Å². The standard InChI is InChI=1S/C67H112O6/c1-4-7-10-13-16-19-22-25-26-27-28-29-30-31-32-33-34-35-36-37-38-39-40-41-42-43-46-48-51-54-57-60-66(69)72-63-64(73-67(70)61-58-55-52-49-45-24-21-18-15-12-9-6-3)62-71-65(68)59-56-53-50-47-44-23-20-17-14-11-8-5-2/h7,10,16-21,25-26,28-29,31-32,34-35,37-38,64H,4-6,8-9,11-15,22-24,27,30,33,36,39-63H2,1-3H3/b10-7-,19-16-,20-17-,21-18-,26-25-,29-28-,32-31-,35-34-,38-37-. The van der Waals surface area contributed by atoms with Gasteiger partial charge < -0.3 is 14.2 Å². The van der Waals surface area contributed by atoms with Gasteiger partial charge in [0.1, 0.15) is 13.2 Å². The third kappa shape index (κ3) is 58.8. The van der Waals surface area contributed by atoms with E-state index in [2.05, 4.69) is 130 Å². The third-order valence-electron chi connectivity index (χ3n) is 12.7. The van der Waals surface area contributed by atoms with Crippen LogP contribution in [0.3, 0.4) is 0 Å². The number of ether oxygens (including phenoxy) is 3. The highest BCUT2D eigenvalue weighted by molar-refractivity contribution is 5.71. The van der Waals surface area contributed by atoms with Gasteiger partial charge in [-0.15, -0.1) is 0 Å². The van der Waals surface area contributed by atoms with Crippen molar-refractivity contribution in [2.24, 2.45) is 0 Å². The van der Waals surface area contributed by atoms with Crippen molar-refractivity contribution in [2.45, 2.75) is 284 Å². The zero-order valence-corrected chi connectivity index (χ0v) is 47.6. The predicted molar refractivity (Wildman–Crippen MR) is 316 cm³/mol. The smallest absolute Gasteiger partial charge is 0.306 e. The molecule has 0 saturated carbocycles. The maximum atomic E-state index is 12.8. The van der Waals surface area contributed by atoms with Crippen LogP contribution in [0.4, 0.5) is 0 Å². The monoisotopic (exact) mass is 1010 g/mol. The molecule has 0 heterocycles. The van der Waals surface area contributed by atoms with Gasteiger partial charge in [0.2, 0.25) is 0 Å². The van der Waals surface area contributed by atoms with Crippen LogP contribution < -0.4 is 0 Å². The average Bonchev–Trinajstić information content (AvgIpc) is 3.39. The second-order valence-electron chi connectivity index (χ2n) is 19.9. The minimum atomic E-state index is -0.788. The number of hydrogen-bond acceptors (Lipinski definition) is 6. The van der Waals surface area contributed by atoms with E-state index in [1.807, 2.05) is 0 Å². The van der Waals surface area contributed by atoms with Crippen molar-refractivity contribution >= 4 is 17.9 Å². The summed E-state index contributed by atoms with van der Waals surface area (Å²) >= 11 is 0. The lowest BCUT2D eigenvalue weighted by atomic mass is 10.1. The zero-order valence-electron chi connectivity index (χ0n) is 47.6. The van der Waals surface area contributed by atoms with Crippen molar-refractivity contribution < 1.29 is 28.6 Å². The highest BCUT2D eigenvalue weighted by Gasteiger charge is 2.19. The van der Waals surface area contributed by atoms with Gasteiger partial charge in [0.25, 0.3) is 0 Å². The number of allylic oxidation sites excluding steroid dienone is 18. The minimum absolute atomic E-state index is 0.0871. The molecule has 0 aliphatic carbocycles. The van der Waals surface area contributed by atoms with E-state index in [1.54, 1.807) is 0 Å². The number of carbonyl (C=O) groups excluding carboxylic acids is 3. The summed E-state index contributed by atoms with van der Waals surface area (Å²) in [6.07, 6.45) is 82.4. The van der Waals surface area contributed by atoms with Crippen LogP contribution in [0.15, 0.2) is 109 Å². The summed E-state index contributed by atoms with van der Waals surface area (Å²) in [7, 11) is 0. The van der Waals surface area contributed by atoms with Gasteiger partial charge in [-0.25, -0.2) is 0 Å². The molecule has 0 radical (unpaired) electrons. The van der Waals surface area contributed by atoms with Crippen LogP contribution in [0.2, 0.25) is 0 Å². The molecule has 0 bridgehead atoms. The van der Waals surface area contributed by atoms with Gasteiger partial charge in [-0.3, -0.25) is 14.4 Å². The number of hydrogen-bond donors (Lipinski definition) is 0. The van der Waals surface area contributed by atoms with Crippen molar-refractivity contribution in [2.75, 3.05) is 13.2 Å². The van der Waals surface area contributed by atoms with E-state index in [4.69, 9.17) is 14.2 Å². The summed E-state index contributed by atoms with van der Waals surface area (Å²) in [5.74, 6) is -0.909. The van der Waals surface area contributed by atoms with Crippen LogP contribution in [0.5, 0.6) is 0 Å². The topological polar surface area (TPSA) is 78.9 Å². The van der Waals surface area contributed by atoms with Crippen LogP contribution in [-0.4, -0.2) is 37.2 Å². The summed E-state index contributed by atoms with van der Waals surface area (Å²) < 4.78 is 16.8.